The fourth-order valence-electron chi connectivity index (χ4n) is 2.22. The van der Waals surface area contributed by atoms with Crippen LogP contribution in [0.15, 0.2) is 18.5 Å². The molecule has 1 N–H and O–H groups in total. The lowest BCUT2D eigenvalue weighted by atomic mass is 10.2. The fourth-order valence-corrected chi connectivity index (χ4v) is 2.22. The third-order valence-electron chi connectivity index (χ3n) is 3.18. The first-order valence-electron chi connectivity index (χ1n) is 6.48. The number of hydrogen-bond donors (Lipinski definition) is 1. The monoisotopic (exact) mass is 277 g/mol. The molecular weight excluding hydrogens is 258 g/mol. The molecule has 0 fully saturated rings. The maximum Gasteiger partial charge on any atom is 0.187 e. The molecule has 0 amide bonds. The number of nitrogens with zero attached hydrogens (tertiary/aromatic N) is 3. The quantitative estimate of drug-likeness (QED) is 0.862. The van der Waals surface area contributed by atoms with E-state index in [2.05, 4.69) is 9.97 Å². The molecule has 0 bridgehead atoms. The molecule has 0 aliphatic heterocycles. The summed E-state index contributed by atoms with van der Waals surface area (Å²) >= 11 is 0. The summed E-state index contributed by atoms with van der Waals surface area (Å²) in [7, 11) is 3.18. The molecule has 0 saturated carbocycles. The van der Waals surface area contributed by atoms with Gasteiger partial charge in [0.1, 0.15) is 17.7 Å². The minimum absolute atomic E-state index is 0.0760. The van der Waals surface area contributed by atoms with Gasteiger partial charge in [0.05, 0.1) is 20.8 Å². The van der Waals surface area contributed by atoms with Crippen LogP contribution in [0.1, 0.15) is 6.92 Å². The highest BCUT2D eigenvalue weighted by Gasteiger charge is 2.16. The van der Waals surface area contributed by atoms with Crippen LogP contribution in [0, 0.1) is 0 Å². The van der Waals surface area contributed by atoms with E-state index < -0.39 is 0 Å². The average Bonchev–Trinajstić information content (AvgIpc) is 2.50. The number of anilines is 1. The number of methoxy groups -OCH3 is 2. The predicted molar refractivity (Wildman–Crippen MR) is 77.6 cm³/mol. The molecule has 1 heterocycles. The summed E-state index contributed by atoms with van der Waals surface area (Å²) in [5, 5.41) is 10.0. The van der Waals surface area contributed by atoms with E-state index in [9.17, 15) is 0 Å². The van der Waals surface area contributed by atoms with Crippen molar-refractivity contribution in [2.24, 2.45) is 0 Å². The SMILES string of the molecule is CCN(CCO)c1ncnc2c(OC)c(OC)ccc12. The predicted octanol–water partition coefficient (Wildman–Crippen LogP) is 1.47. The molecule has 0 unspecified atom stereocenters. The van der Waals surface area contributed by atoms with Gasteiger partial charge in [0.15, 0.2) is 11.5 Å². The Morgan fingerprint density at radius 3 is 2.60 bits per heavy atom. The fraction of sp³-hybridized carbons (Fsp3) is 0.429. The van der Waals surface area contributed by atoms with Gasteiger partial charge in [0, 0.05) is 18.5 Å². The number of likely N-dealkylation sites (N-methyl/N-ethyl adjacent to an activating group) is 1. The van der Waals surface area contributed by atoms with Gasteiger partial charge < -0.3 is 19.5 Å². The minimum Gasteiger partial charge on any atom is -0.493 e. The van der Waals surface area contributed by atoms with Gasteiger partial charge in [-0.2, -0.15) is 0 Å². The first kappa shape index (κ1) is 14.3. The second-order valence-electron chi connectivity index (χ2n) is 4.20. The van der Waals surface area contributed by atoms with Crippen LogP contribution in [0.3, 0.4) is 0 Å². The molecule has 2 aromatic rings. The van der Waals surface area contributed by atoms with Crippen LogP contribution in [0.25, 0.3) is 10.9 Å². The van der Waals surface area contributed by atoms with Crippen molar-refractivity contribution in [1.82, 2.24) is 9.97 Å². The van der Waals surface area contributed by atoms with Crippen molar-refractivity contribution in [2.75, 3.05) is 38.8 Å². The standard InChI is InChI=1S/C14H19N3O3/c1-4-17(7-8-18)14-10-5-6-11(19-2)13(20-3)12(10)15-9-16-14/h5-6,9,18H,4,7-8H2,1-3H3. The molecule has 0 aliphatic carbocycles. The lowest BCUT2D eigenvalue weighted by Gasteiger charge is -2.22. The van der Waals surface area contributed by atoms with E-state index >= 15 is 0 Å². The number of aliphatic hydroxyl groups excluding tert-OH is 1. The maximum atomic E-state index is 9.15. The van der Waals surface area contributed by atoms with Gasteiger partial charge in [0.2, 0.25) is 0 Å². The summed E-state index contributed by atoms with van der Waals surface area (Å²) in [6.45, 7) is 3.37. The minimum atomic E-state index is 0.0760. The van der Waals surface area contributed by atoms with Gasteiger partial charge in [-0.05, 0) is 19.1 Å². The van der Waals surface area contributed by atoms with Gasteiger partial charge in [0.25, 0.3) is 0 Å². The Balaban J connectivity index is 2.63. The van der Waals surface area contributed by atoms with Crippen molar-refractivity contribution in [3.63, 3.8) is 0 Å². The van der Waals surface area contributed by atoms with E-state index in [-0.39, 0.29) is 6.61 Å². The summed E-state index contributed by atoms with van der Waals surface area (Å²) in [6, 6.07) is 3.74. The molecule has 1 aromatic heterocycles. The molecule has 0 saturated heterocycles. The smallest absolute Gasteiger partial charge is 0.187 e. The summed E-state index contributed by atoms with van der Waals surface area (Å²) in [6.07, 6.45) is 1.50. The van der Waals surface area contributed by atoms with Gasteiger partial charge in [-0.25, -0.2) is 9.97 Å². The van der Waals surface area contributed by atoms with Crippen molar-refractivity contribution < 1.29 is 14.6 Å². The van der Waals surface area contributed by atoms with Crippen molar-refractivity contribution in [2.45, 2.75) is 6.92 Å². The number of aromatic nitrogens is 2. The Kier molecular flexibility index (Phi) is 4.57. The number of aliphatic hydroxyl groups is 1. The molecule has 6 heteroatoms. The Bertz CT molecular complexity index is 589. The van der Waals surface area contributed by atoms with E-state index in [1.807, 2.05) is 24.0 Å². The zero-order valence-electron chi connectivity index (χ0n) is 12.0. The van der Waals surface area contributed by atoms with Gasteiger partial charge in [-0.1, -0.05) is 0 Å². The molecule has 108 valence electrons. The molecule has 20 heavy (non-hydrogen) atoms. The zero-order valence-corrected chi connectivity index (χ0v) is 12.0. The van der Waals surface area contributed by atoms with Crippen LogP contribution >= 0.6 is 0 Å². The van der Waals surface area contributed by atoms with E-state index in [0.717, 1.165) is 17.7 Å². The second-order valence-corrected chi connectivity index (χ2v) is 4.20. The molecule has 2 rings (SSSR count). The molecule has 0 spiro atoms. The highest BCUT2D eigenvalue weighted by molar-refractivity contribution is 5.95. The van der Waals surface area contributed by atoms with Crippen LogP contribution in [-0.4, -0.2) is 49.0 Å². The molecule has 1 aromatic carbocycles. The van der Waals surface area contributed by atoms with E-state index in [0.29, 0.717) is 23.6 Å². The Hall–Kier alpha value is -2.08. The van der Waals surface area contributed by atoms with Crippen LogP contribution < -0.4 is 14.4 Å². The molecule has 0 atom stereocenters. The van der Waals surface area contributed by atoms with Gasteiger partial charge in [-0.3, -0.25) is 0 Å². The van der Waals surface area contributed by atoms with E-state index in [1.165, 1.54) is 6.33 Å². The number of hydrogen-bond acceptors (Lipinski definition) is 6. The maximum absolute atomic E-state index is 9.15. The highest BCUT2D eigenvalue weighted by atomic mass is 16.5. The van der Waals surface area contributed by atoms with Crippen molar-refractivity contribution in [3.8, 4) is 11.5 Å². The van der Waals surface area contributed by atoms with Crippen LogP contribution in [-0.2, 0) is 0 Å². The normalized spacial score (nSPS) is 10.6. The van der Waals surface area contributed by atoms with Crippen molar-refractivity contribution in [1.29, 1.82) is 0 Å². The van der Waals surface area contributed by atoms with Crippen molar-refractivity contribution in [3.05, 3.63) is 18.5 Å². The van der Waals surface area contributed by atoms with Crippen LogP contribution in [0.5, 0.6) is 11.5 Å². The first-order chi connectivity index (χ1) is 9.76. The van der Waals surface area contributed by atoms with Gasteiger partial charge >= 0.3 is 0 Å². The zero-order chi connectivity index (χ0) is 14.5. The molecular formula is C14H19N3O3. The lowest BCUT2D eigenvalue weighted by molar-refractivity contribution is 0.302. The number of fused-ring (bicyclic) bond motifs is 1. The summed E-state index contributed by atoms with van der Waals surface area (Å²) in [5.41, 5.74) is 0.702. The van der Waals surface area contributed by atoms with Crippen molar-refractivity contribution >= 4 is 16.7 Å². The third-order valence-corrected chi connectivity index (χ3v) is 3.18. The van der Waals surface area contributed by atoms with E-state index in [4.69, 9.17) is 14.6 Å². The average molecular weight is 277 g/mol. The topological polar surface area (TPSA) is 67.7 Å². The first-order valence-corrected chi connectivity index (χ1v) is 6.48. The van der Waals surface area contributed by atoms with Gasteiger partial charge in [-0.15, -0.1) is 0 Å². The second kappa shape index (κ2) is 6.38. The third kappa shape index (κ3) is 2.46. The van der Waals surface area contributed by atoms with E-state index in [1.54, 1.807) is 14.2 Å². The largest absolute Gasteiger partial charge is 0.493 e. The lowest BCUT2D eigenvalue weighted by Crippen LogP contribution is -2.27. The summed E-state index contributed by atoms with van der Waals surface area (Å²) < 4.78 is 10.7. The van der Waals surface area contributed by atoms with Crippen LogP contribution in [0.4, 0.5) is 5.82 Å². The molecule has 0 radical (unpaired) electrons. The number of rotatable bonds is 6. The summed E-state index contributed by atoms with van der Waals surface area (Å²) in [5.74, 6) is 2.01. The summed E-state index contributed by atoms with van der Waals surface area (Å²) in [4.78, 5) is 10.6. The Morgan fingerprint density at radius 2 is 2.00 bits per heavy atom. The highest BCUT2D eigenvalue weighted by Crippen LogP contribution is 2.36. The Morgan fingerprint density at radius 1 is 1.20 bits per heavy atom. The van der Waals surface area contributed by atoms with Crippen LogP contribution in [0.2, 0.25) is 0 Å². The molecule has 0 aliphatic rings. The Labute approximate surface area is 118 Å². The molecule has 6 nitrogen and oxygen atoms in total. The number of ether oxygens (including phenoxy) is 2. The number of benzene rings is 1.